The highest BCUT2D eigenvalue weighted by atomic mass is 32.3. The second kappa shape index (κ2) is 17.7. The van der Waals surface area contributed by atoms with Crippen molar-refractivity contribution in [1.29, 1.82) is 0 Å². The van der Waals surface area contributed by atoms with E-state index in [1.807, 2.05) is 13.8 Å². The second-order valence-corrected chi connectivity index (χ2v) is 18.1. The third-order valence-electron chi connectivity index (χ3n) is 13.8. The molecule has 0 radical (unpaired) electrons. The van der Waals surface area contributed by atoms with E-state index < -0.39 is 16.5 Å². The molecule has 10 heteroatoms. The molecule has 0 saturated heterocycles. The van der Waals surface area contributed by atoms with Crippen molar-refractivity contribution in [2.45, 2.75) is 143 Å². The molecule has 4 saturated carbocycles. The number of hydrogen-bond acceptors (Lipinski definition) is 8. The van der Waals surface area contributed by atoms with E-state index in [1.165, 1.54) is 57.8 Å². The first kappa shape index (κ1) is 39.5. The maximum Gasteiger partial charge on any atom is 0.397 e. The first-order valence-electron chi connectivity index (χ1n) is 19.5. The number of hydrogen-bond donors (Lipinski definition) is 6. The minimum atomic E-state index is -4.46. The van der Waals surface area contributed by atoms with Gasteiger partial charge in [-0.25, -0.2) is 4.18 Å². The van der Waals surface area contributed by atoms with Gasteiger partial charge in [-0.05, 0) is 181 Å². The van der Waals surface area contributed by atoms with Crippen LogP contribution >= 0.6 is 0 Å². The summed E-state index contributed by atoms with van der Waals surface area (Å²) < 4.78 is 37.2. The molecule has 276 valence electrons. The van der Waals surface area contributed by atoms with Crippen molar-refractivity contribution in [3.63, 3.8) is 0 Å². The minimum absolute atomic E-state index is 0.0137. The Bertz CT molecular complexity index is 1050. The van der Waals surface area contributed by atoms with E-state index in [4.69, 9.17) is 9.92 Å². The number of fused-ring (bicyclic) bond motifs is 5. The fourth-order valence-electron chi connectivity index (χ4n) is 11.2. The largest absolute Gasteiger partial charge is 0.397 e. The predicted molar refractivity (Wildman–Crippen MR) is 191 cm³/mol. The standard InChI is InChI=1S/C37H72N4O5S/c1-26(2)34(46-47(43,44)45)13-10-27(3)30-11-12-31-35-32(15-17-37(30,31)5)36(4)16-14-29(24-28(36)25-33(35)42)41-23-9-22-40-20-7-6-19-39-21-8-18-38/h26-35,39-42H,6-25,38H2,1-5H3,(H,43,44,45)/t27?,28-,29+,30-,31+,32+,33-,34?,35+,36+,37-/m1/s1. The summed E-state index contributed by atoms with van der Waals surface area (Å²) in [5.74, 6) is 3.20. The topological polar surface area (TPSA) is 146 Å². The molecule has 0 aromatic rings. The summed E-state index contributed by atoms with van der Waals surface area (Å²) in [4.78, 5) is 0. The minimum Gasteiger partial charge on any atom is -0.393 e. The van der Waals surface area contributed by atoms with Crippen LogP contribution in [0.4, 0.5) is 0 Å². The molecule has 0 aliphatic heterocycles. The lowest BCUT2D eigenvalue weighted by Crippen LogP contribution is -2.59. The number of aliphatic hydroxyl groups excluding tert-OH is 1. The molecule has 4 aliphatic rings. The van der Waals surface area contributed by atoms with E-state index >= 15 is 0 Å². The van der Waals surface area contributed by atoms with Crippen molar-refractivity contribution in [1.82, 2.24) is 16.0 Å². The van der Waals surface area contributed by atoms with Gasteiger partial charge in [0, 0.05) is 6.04 Å². The summed E-state index contributed by atoms with van der Waals surface area (Å²) >= 11 is 0. The lowest BCUT2D eigenvalue weighted by atomic mass is 9.43. The maximum absolute atomic E-state index is 11.8. The average Bonchev–Trinajstić information content (AvgIpc) is 3.36. The lowest BCUT2D eigenvalue weighted by molar-refractivity contribution is -0.167. The van der Waals surface area contributed by atoms with E-state index in [9.17, 15) is 18.1 Å². The number of aliphatic hydroxyl groups is 1. The van der Waals surface area contributed by atoms with Gasteiger partial charge in [0.25, 0.3) is 0 Å². The molecule has 0 heterocycles. The molecular formula is C37H72N4O5S. The third-order valence-corrected chi connectivity index (χ3v) is 14.3. The Morgan fingerprint density at radius 2 is 1.47 bits per heavy atom. The van der Waals surface area contributed by atoms with Crippen LogP contribution in [0.5, 0.6) is 0 Å². The second-order valence-electron chi connectivity index (χ2n) is 17.0. The molecular weight excluding hydrogens is 612 g/mol. The maximum atomic E-state index is 11.8. The molecule has 0 spiro atoms. The molecule has 0 aromatic carbocycles. The quantitative estimate of drug-likeness (QED) is 0.0720. The smallest absolute Gasteiger partial charge is 0.393 e. The molecule has 0 aromatic heterocycles. The molecule has 4 aliphatic carbocycles. The Hall–Kier alpha value is -0.330. The van der Waals surface area contributed by atoms with Gasteiger partial charge in [0.15, 0.2) is 0 Å². The van der Waals surface area contributed by atoms with Crippen LogP contribution in [-0.4, -0.2) is 75.6 Å². The lowest BCUT2D eigenvalue weighted by Gasteiger charge is -2.62. The Kier molecular flexibility index (Phi) is 14.9. The van der Waals surface area contributed by atoms with Gasteiger partial charge in [0.1, 0.15) is 0 Å². The molecule has 4 fully saturated rings. The van der Waals surface area contributed by atoms with Gasteiger partial charge in [0.2, 0.25) is 0 Å². The Balaban J connectivity index is 1.23. The fraction of sp³-hybridized carbons (Fsp3) is 1.00. The summed E-state index contributed by atoms with van der Waals surface area (Å²) in [6.07, 6.45) is 15.0. The Morgan fingerprint density at radius 3 is 2.13 bits per heavy atom. The summed E-state index contributed by atoms with van der Waals surface area (Å²) in [5, 5.41) is 22.8. The van der Waals surface area contributed by atoms with Crippen molar-refractivity contribution < 1.29 is 22.3 Å². The number of nitrogens with two attached hydrogens (primary N) is 1. The predicted octanol–water partition coefficient (Wildman–Crippen LogP) is 5.53. The fourth-order valence-corrected chi connectivity index (χ4v) is 11.8. The molecule has 0 bridgehead atoms. The third kappa shape index (κ3) is 10.1. The Morgan fingerprint density at radius 1 is 0.830 bits per heavy atom. The van der Waals surface area contributed by atoms with Crippen molar-refractivity contribution in [2.24, 2.45) is 58.0 Å². The van der Waals surface area contributed by atoms with E-state index in [-0.39, 0.29) is 17.4 Å². The van der Waals surface area contributed by atoms with Gasteiger partial charge >= 0.3 is 10.4 Å². The summed E-state index contributed by atoms with van der Waals surface area (Å²) in [5.41, 5.74) is 6.08. The summed E-state index contributed by atoms with van der Waals surface area (Å²) in [7, 11) is -4.46. The van der Waals surface area contributed by atoms with Crippen LogP contribution in [-0.2, 0) is 14.6 Å². The van der Waals surface area contributed by atoms with Crippen molar-refractivity contribution in [3.8, 4) is 0 Å². The summed E-state index contributed by atoms with van der Waals surface area (Å²) in [6.45, 7) is 17.4. The van der Waals surface area contributed by atoms with Gasteiger partial charge in [0.05, 0.1) is 12.2 Å². The van der Waals surface area contributed by atoms with Gasteiger partial charge in [-0.15, -0.1) is 0 Å². The zero-order valence-electron chi connectivity index (χ0n) is 30.5. The first-order valence-corrected chi connectivity index (χ1v) is 20.8. The van der Waals surface area contributed by atoms with E-state index in [2.05, 4.69) is 36.7 Å². The van der Waals surface area contributed by atoms with Gasteiger partial charge < -0.3 is 26.8 Å². The number of unbranched alkanes of at least 4 members (excludes halogenated alkanes) is 1. The SMILES string of the molecule is CC(C)C(CCC(C)[C@H]1CC[C@H]2[C@@H]3[C@H](O)C[C@H]4C[C@@H](NCCCNCCCCNCCCN)CC[C@]4(C)[C@H]3CC[C@]12C)OS(=O)(=O)O. The van der Waals surface area contributed by atoms with Crippen LogP contribution in [0.3, 0.4) is 0 Å². The van der Waals surface area contributed by atoms with Gasteiger partial charge in [-0.3, -0.25) is 4.55 Å². The monoisotopic (exact) mass is 685 g/mol. The van der Waals surface area contributed by atoms with Crippen LogP contribution in [0, 0.1) is 52.3 Å². The molecule has 9 nitrogen and oxygen atoms in total. The highest BCUT2D eigenvalue weighted by Crippen LogP contribution is 2.68. The number of rotatable bonds is 20. The molecule has 7 N–H and O–H groups in total. The molecule has 47 heavy (non-hydrogen) atoms. The van der Waals surface area contributed by atoms with Crippen LogP contribution in [0.2, 0.25) is 0 Å². The number of nitrogens with one attached hydrogen (secondary N) is 3. The highest BCUT2D eigenvalue weighted by molar-refractivity contribution is 7.80. The normalized spacial score (nSPS) is 36.9. The first-order chi connectivity index (χ1) is 22.3. The van der Waals surface area contributed by atoms with Crippen LogP contribution in [0.1, 0.15) is 125 Å². The molecule has 0 amide bonds. The van der Waals surface area contributed by atoms with Gasteiger partial charge in [-0.2, -0.15) is 8.42 Å². The van der Waals surface area contributed by atoms with Crippen molar-refractivity contribution in [2.75, 3.05) is 39.3 Å². The average molecular weight is 685 g/mol. The molecule has 2 unspecified atom stereocenters. The highest BCUT2D eigenvalue weighted by Gasteiger charge is 2.62. The van der Waals surface area contributed by atoms with Crippen LogP contribution in [0.15, 0.2) is 0 Å². The molecule has 4 rings (SSSR count). The van der Waals surface area contributed by atoms with Crippen LogP contribution < -0.4 is 21.7 Å². The van der Waals surface area contributed by atoms with Crippen molar-refractivity contribution in [3.05, 3.63) is 0 Å². The van der Waals surface area contributed by atoms with E-state index in [0.717, 1.165) is 65.0 Å². The zero-order chi connectivity index (χ0) is 34.2. The van der Waals surface area contributed by atoms with E-state index in [0.29, 0.717) is 53.4 Å². The summed E-state index contributed by atoms with van der Waals surface area (Å²) in [6, 6.07) is 0.571. The van der Waals surface area contributed by atoms with Crippen LogP contribution in [0.25, 0.3) is 0 Å². The van der Waals surface area contributed by atoms with Crippen molar-refractivity contribution >= 4 is 10.4 Å². The van der Waals surface area contributed by atoms with E-state index in [1.54, 1.807) is 0 Å². The molecule has 11 atom stereocenters. The Labute approximate surface area is 288 Å². The zero-order valence-corrected chi connectivity index (χ0v) is 31.3. The van der Waals surface area contributed by atoms with Gasteiger partial charge in [-0.1, -0.05) is 34.6 Å².